The molecule has 0 amide bonds. The Balaban J connectivity index is 3.45. The van der Waals surface area contributed by atoms with Gasteiger partial charge in [-0.2, -0.15) is 0 Å². The van der Waals surface area contributed by atoms with Gasteiger partial charge in [-0.15, -0.1) is 0 Å². The van der Waals surface area contributed by atoms with Crippen LogP contribution in [0.1, 0.15) is 62.3 Å². The molecule has 0 aliphatic carbocycles. The Bertz CT molecular complexity index is 323. The highest BCUT2D eigenvalue weighted by molar-refractivity contribution is 8.08. The predicted molar refractivity (Wildman–Crippen MR) is 97.9 cm³/mol. The molecule has 114 valence electrons. The molecule has 2 atom stereocenters. The zero-order valence-electron chi connectivity index (χ0n) is 15.5. The minimum atomic E-state index is -0.962. The third-order valence-corrected chi connectivity index (χ3v) is 22.3. The normalized spacial score (nSPS) is 36.0. The van der Waals surface area contributed by atoms with E-state index in [9.17, 15) is 0 Å². The molecular weight excluding hydrogens is 266 g/mol. The Morgan fingerprint density at radius 2 is 0.842 bits per heavy atom. The van der Waals surface area contributed by atoms with E-state index in [2.05, 4.69) is 82.3 Å². The second kappa shape index (κ2) is 4.43. The first-order valence-corrected chi connectivity index (χ1v) is 12.9. The van der Waals surface area contributed by atoms with E-state index in [1.807, 2.05) is 0 Å². The Morgan fingerprint density at radius 1 is 0.579 bits per heavy atom. The lowest BCUT2D eigenvalue weighted by Crippen LogP contribution is -2.57. The number of hydrogen-bond acceptors (Lipinski definition) is 0. The van der Waals surface area contributed by atoms with Crippen molar-refractivity contribution in [3.8, 4) is 0 Å². The number of hydrogen-bond donors (Lipinski definition) is 0. The summed E-state index contributed by atoms with van der Waals surface area (Å²) in [6.07, 6.45) is 0. The van der Waals surface area contributed by atoms with Gasteiger partial charge < -0.3 is 0 Å². The van der Waals surface area contributed by atoms with Crippen LogP contribution in [0, 0.1) is 10.8 Å². The van der Waals surface area contributed by atoms with Crippen LogP contribution in [0.4, 0.5) is 0 Å². The molecule has 19 heavy (non-hydrogen) atoms. The highest BCUT2D eigenvalue weighted by atomic mass is 31.3. The van der Waals surface area contributed by atoms with E-state index in [1.54, 1.807) is 0 Å². The minimum Gasteiger partial charge on any atom is -0.0526 e. The van der Waals surface area contributed by atoms with Crippen molar-refractivity contribution in [2.45, 2.75) is 78.3 Å². The van der Waals surface area contributed by atoms with Crippen LogP contribution in [-0.4, -0.2) is 36.0 Å². The lowest BCUT2D eigenvalue weighted by Gasteiger charge is -2.64. The van der Waals surface area contributed by atoms with Crippen molar-refractivity contribution in [3.63, 3.8) is 0 Å². The molecule has 1 heterocycles. The summed E-state index contributed by atoms with van der Waals surface area (Å²) in [6.45, 7) is 30.5. The quantitative estimate of drug-likeness (QED) is 0.450. The first-order valence-electron chi connectivity index (χ1n) is 7.68. The summed E-state index contributed by atoms with van der Waals surface area (Å²) in [5.74, 6) is 0. The van der Waals surface area contributed by atoms with Crippen LogP contribution >= 0.6 is 14.5 Å². The van der Waals surface area contributed by atoms with Gasteiger partial charge in [-0.05, 0) is 20.8 Å². The molecule has 0 nitrogen and oxygen atoms in total. The molecule has 1 saturated heterocycles. The third kappa shape index (κ3) is 2.55. The average Bonchev–Trinajstić information content (AvgIpc) is 1.91. The van der Waals surface area contributed by atoms with Gasteiger partial charge in [-0.1, -0.05) is 41.5 Å². The van der Waals surface area contributed by atoms with E-state index < -0.39 is 14.5 Å². The molecule has 1 aliphatic rings. The molecule has 0 N–H and O–H groups in total. The van der Waals surface area contributed by atoms with E-state index in [0.29, 0.717) is 16.0 Å². The van der Waals surface area contributed by atoms with Crippen molar-refractivity contribution >= 4 is 14.5 Å². The van der Waals surface area contributed by atoms with Crippen LogP contribution in [-0.2, 0) is 0 Å². The molecule has 0 saturated carbocycles. The lowest BCUT2D eigenvalue weighted by molar-refractivity contribution is 0.390. The molecular formula is C17H38P2+2. The molecule has 0 spiro atoms. The summed E-state index contributed by atoms with van der Waals surface area (Å²) in [5, 5.41) is 2.45. The summed E-state index contributed by atoms with van der Waals surface area (Å²) in [6, 6.07) is 0. The standard InChI is InChI=1S/C17H38P2/c1-15(2,3)13-18(10,11)14(16(4,5)6)19(13,12)17(7,8)9/h13-14H,1-12H3/q+2. The van der Waals surface area contributed by atoms with Crippen molar-refractivity contribution < 1.29 is 0 Å². The van der Waals surface area contributed by atoms with Gasteiger partial charge in [0.05, 0.1) is 39.7 Å². The molecule has 0 radical (unpaired) electrons. The Hall–Kier alpha value is 0.860. The number of rotatable bonds is 0. The molecule has 1 rings (SSSR count). The zero-order chi connectivity index (χ0) is 15.7. The maximum atomic E-state index is 2.70. The molecule has 0 bridgehead atoms. The third-order valence-electron chi connectivity index (χ3n) is 5.27. The first kappa shape index (κ1) is 17.9. The van der Waals surface area contributed by atoms with Crippen molar-refractivity contribution in [2.24, 2.45) is 10.8 Å². The zero-order valence-corrected chi connectivity index (χ0v) is 17.3. The molecule has 0 aromatic rings. The average molecular weight is 304 g/mol. The van der Waals surface area contributed by atoms with E-state index in [0.717, 1.165) is 10.8 Å². The Kier molecular flexibility index (Phi) is 4.17. The highest BCUT2D eigenvalue weighted by Crippen LogP contribution is 3.03. The summed E-state index contributed by atoms with van der Waals surface area (Å²) >= 11 is 0. The van der Waals surface area contributed by atoms with Crippen LogP contribution in [0.25, 0.3) is 0 Å². The second-order valence-corrected chi connectivity index (χ2v) is 20.2. The van der Waals surface area contributed by atoms with Gasteiger partial charge in [0.1, 0.15) is 0 Å². The second-order valence-electron chi connectivity index (χ2n) is 10.4. The molecule has 2 heteroatoms. The highest BCUT2D eigenvalue weighted by Gasteiger charge is 2.85. The van der Waals surface area contributed by atoms with Gasteiger partial charge in [-0.3, -0.25) is 0 Å². The first-order chi connectivity index (χ1) is 7.98. The van der Waals surface area contributed by atoms with Gasteiger partial charge in [0.2, 0.25) is 0 Å². The topological polar surface area (TPSA) is 0 Å². The molecule has 1 fully saturated rings. The molecule has 0 aromatic heterocycles. The van der Waals surface area contributed by atoms with Gasteiger partial charge in [0.25, 0.3) is 0 Å². The Morgan fingerprint density at radius 3 is 1.00 bits per heavy atom. The van der Waals surface area contributed by atoms with Crippen molar-refractivity contribution in [1.29, 1.82) is 0 Å². The van der Waals surface area contributed by atoms with Crippen LogP contribution in [0.2, 0.25) is 0 Å². The van der Waals surface area contributed by atoms with Gasteiger partial charge >= 0.3 is 0 Å². The van der Waals surface area contributed by atoms with E-state index in [-0.39, 0.29) is 0 Å². The maximum absolute atomic E-state index is 2.70. The fourth-order valence-electron chi connectivity index (χ4n) is 5.77. The van der Waals surface area contributed by atoms with Crippen molar-refractivity contribution in [1.82, 2.24) is 0 Å². The fourth-order valence-corrected chi connectivity index (χ4v) is 27.6. The molecule has 1 aliphatic heterocycles. The van der Waals surface area contributed by atoms with Crippen LogP contribution in [0.15, 0.2) is 0 Å². The monoisotopic (exact) mass is 304 g/mol. The van der Waals surface area contributed by atoms with E-state index in [1.165, 1.54) is 0 Å². The van der Waals surface area contributed by atoms with Crippen LogP contribution < -0.4 is 0 Å². The maximum Gasteiger partial charge on any atom is 0.181 e. The fraction of sp³-hybridized carbons (Fsp3) is 1.00. The van der Waals surface area contributed by atoms with E-state index in [4.69, 9.17) is 0 Å². The molecule has 0 aromatic carbocycles. The van der Waals surface area contributed by atoms with Crippen molar-refractivity contribution in [2.75, 3.05) is 20.0 Å². The largest absolute Gasteiger partial charge is 0.181 e. The summed E-state index contributed by atoms with van der Waals surface area (Å²) < 4.78 is 0. The van der Waals surface area contributed by atoms with Crippen LogP contribution in [0.3, 0.4) is 0 Å². The predicted octanol–water partition coefficient (Wildman–Crippen LogP) is 6.47. The Labute approximate surface area is 124 Å². The van der Waals surface area contributed by atoms with Gasteiger partial charge in [0, 0.05) is 10.8 Å². The molecule has 2 unspecified atom stereocenters. The minimum absolute atomic E-state index is 0.467. The van der Waals surface area contributed by atoms with E-state index >= 15 is 0 Å². The smallest absolute Gasteiger partial charge is 0.0526 e. The summed E-state index contributed by atoms with van der Waals surface area (Å²) in [4.78, 5) is 0. The SMILES string of the molecule is CC(C)(C)C1[P+](C)(C)C(C(C)(C)C)[P+]1(C)C(C)(C)C. The summed E-state index contributed by atoms with van der Waals surface area (Å²) in [5.41, 5.74) is 0.934. The van der Waals surface area contributed by atoms with Gasteiger partial charge in [-0.25, -0.2) is 0 Å². The van der Waals surface area contributed by atoms with Gasteiger partial charge in [0.15, 0.2) is 10.8 Å². The lowest BCUT2D eigenvalue weighted by atomic mass is 9.98. The van der Waals surface area contributed by atoms with Crippen LogP contribution in [0.5, 0.6) is 0 Å². The summed E-state index contributed by atoms with van der Waals surface area (Å²) in [7, 11) is -1.81. The van der Waals surface area contributed by atoms with Crippen molar-refractivity contribution in [3.05, 3.63) is 0 Å².